The van der Waals surface area contributed by atoms with Crippen LogP contribution in [0.4, 0.5) is 5.82 Å². The summed E-state index contributed by atoms with van der Waals surface area (Å²) in [5, 5.41) is 12.7. The third kappa shape index (κ3) is 4.77. The molecule has 0 radical (unpaired) electrons. The van der Waals surface area contributed by atoms with E-state index in [9.17, 15) is 0 Å². The summed E-state index contributed by atoms with van der Waals surface area (Å²) in [7, 11) is 0. The van der Waals surface area contributed by atoms with Gasteiger partial charge in [-0.15, -0.1) is 0 Å². The van der Waals surface area contributed by atoms with Gasteiger partial charge in [-0.3, -0.25) is 0 Å². The first-order chi connectivity index (χ1) is 7.61. The van der Waals surface area contributed by atoms with Gasteiger partial charge in [-0.25, -0.2) is 9.97 Å². The molecule has 2 N–H and O–H groups in total. The Morgan fingerprint density at radius 3 is 2.88 bits per heavy atom. The SMILES string of the molecule is CCc1nc(Cl)cc(NCCCC(C)O)n1. The van der Waals surface area contributed by atoms with Gasteiger partial charge in [0.15, 0.2) is 0 Å². The van der Waals surface area contributed by atoms with Gasteiger partial charge in [0.05, 0.1) is 6.10 Å². The molecule has 0 aliphatic rings. The van der Waals surface area contributed by atoms with Crippen molar-refractivity contribution >= 4 is 17.4 Å². The smallest absolute Gasteiger partial charge is 0.134 e. The Labute approximate surface area is 101 Å². The molecule has 0 amide bonds. The van der Waals surface area contributed by atoms with Crippen molar-refractivity contribution in [2.45, 2.75) is 39.2 Å². The Kier molecular flexibility index (Phi) is 5.49. The molecule has 0 saturated carbocycles. The minimum atomic E-state index is -0.248. The van der Waals surface area contributed by atoms with Gasteiger partial charge < -0.3 is 10.4 Å². The number of aromatic nitrogens is 2. The van der Waals surface area contributed by atoms with Crippen molar-refractivity contribution in [2.24, 2.45) is 0 Å². The fraction of sp³-hybridized carbons (Fsp3) is 0.636. The Balaban J connectivity index is 2.44. The second-order valence-corrected chi connectivity index (χ2v) is 4.15. The summed E-state index contributed by atoms with van der Waals surface area (Å²) < 4.78 is 0. The first kappa shape index (κ1) is 13.2. The molecule has 0 aliphatic carbocycles. The maximum Gasteiger partial charge on any atom is 0.134 e. The van der Waals surface area contributed by atoms with Crippen LogP contribution in [-0.4, -0.2) is 27.7 Å². The average Bonchev–Trinajstić information content (AvgIpc) is 2.23. The van der Waals surface area contributed by atoms with Gasteiger partial charge in [-0.1, -0.05) is 18.5 Å². The summed E-state index contributed by atoms with van der Waals surface area (Å²) in [6, 6.07) is 1.71. The van der Waals surface area contributed by atoms with Crippen LogP contribution in [0.1, 0.15) is 32.5 Å². The number of hydrogen-bond donors (Lipinski definition) is 2. The predicted octanol–water partition coefficient (Wildman–Crippen LogP) is 2.27. The topological polar surface area (TPSA) is 58.0 Å². The highest BCUT2D eigenvalue weighted by molar-refractivity contribution is 6.29. The van der Waals surface area contributed by atoms with Crippen LogP contribution < -0.4 is 5.32 Å². The summed E-state index contributed by atoms with van der Waals surface area (Å²) in [6.07, 6.45) is 2.21. The molecule has 5 heteroatoms. The van der Waals surface area contributed by atoms with Gasteiger partial charge in [0.1, 0.15) is 16.8 Å². The van der Waals surface area contributed by atoms with Crippen molar-refractivity contribution in [1.29, 1.82) is 0 Å². The highest BCUT2D eigenvalue weighted by Crippen LogP contribution is 2.12. The van der Waals surface area contributed by atoms with Crippen LogP contribution in [0.3, 0.4) is 0 Å². The van der Waals surface area contributed by atoms with Crippen LogP contribution in [0, 0.1) is 0 Å². The van der Waals surface area contributed by atoms with Crippen molar-refractivity contribution in [2.75, 3.05) is 11.9 Å². The molecule has 16 heavy (non-hydrogen) atoms. The molecular weight excluding hydrogens is 226 g/mol. The standard InChI is InChI=1S/C11H18ClN3O/c1-3-10-14-9(12)7-11(15-10)13-6-4-5-8(2)16/h7-8,16H,3-6H2,1-2H3,(H,13,14,15). The molecule has 1 unspecified atom stereocenters. The maximum absolute atomic E-state index is 9.10. The lowest BCUT2D eigenvalue weighted by molar-refractivity contribution is 0.183. The predicted molar refractivity (Wildman–Crippen MR) is 65.8 cm³/mol. The maximum atomic E-state index is 9.10. The molecule has 1 heterocycles. The van der Waals surface area contributed by atoms with E-state index in [2.05, 4.69) is 15.3 Å². The molecule has 1 aromatic rings. The fourth-order valence-corrected chi connectivity index (χ4v) is 1.53. The Hall–Kier alpha value is -0.870. The summed E-state index contributed by atoms with van der Waals surface area (Å²) in [6.45, 7) is 4.56. The molecule has 0 fully saturated rings. The number of rotatable bonds is 6. The number of anilines is 1. The molecular formula is C11H18ClN3O. The Morgan fingerprint density at radius 2 is 2.25 bits per heavy atom. The van der Waals surface area contributed by atoms with Crippen molar-refractivity contribution in [3.05, 3.63) is 17.0 Å². The summed E-state index contributed by atoms with van der Waals surface area (Å²) in [5.74, 6) is 1.49. The highest BCUT2D eigenvalue weighted by atomic mass is 35.5. The van der Waals surface area contributed by atoms with E-state index < -0.39 is 0 Å². The van der Waals surface area contributed by atoms with E-state index in [-0.39, 0.29) is 6.10 Å². The van der Waals surface area contributed by atoms with E-state index >= 15 is 0 Å². The minimum Gasteiger partial charge on any atom is -0.393 e. The second kappa shape index (κ2) is 6.66. The molecule has 90 valence electrons. The second-order valence-electron chi connectivity index (χ2n) is 3.76. The van der Waals surface area contributed by atoms with Crippen molar-refractivity contribution in [3.8, 4) is 0 Å². The molecule has 1 atom stereocenters. The number of nitrogens with zero attached hydrogens (tertiary/aromatic N) is 2. The normalized spacial score (nSPS) is 12.5. The van der Waals surface area contributed by atoms with Gasteiger partial charge in [0, 0.05) is 19.0 Å². The van der Waals surface area contributed by atoms with Crippen molar-refractivity contribution < 1.29 is 5.11 Å². The van der Waals surface area contributed by atoms with Crippen LogP contribution in [-0.2, 0) is 6.42 Å². The molecule has 1 rings (SSSR count). The molecule has 0 aliphatic heterocycles. The largest absolute Gasteiger partial charge is 0.393 e. The van der Waals surface area contributed by atoms with Crippen LogP contribution in [0.5, 0.6) is 0 Å². The highest BCUT2D eigenvalue weighted by Gasteiger charge is 2.01. The number of aliphatic hydroxyl groups is 1. The van der Waals surface area contributed by atoms with Crippen molar-refractivity contribution in [1.82, 2.24) is 9.97 Å². The molecule has 1 aromatic heterocycles. The Bertz CT molecular complexity index is 331. The lowest BCUT2D eigenvalue weighted by Gasteiger charge is -2.08. The molecule has 0 spiro atoms. The number of nitrogens with one attached hydrogen (secondary N) is 1. The zero-order valence-corrected chi connectivity index (χ0v) is 10.5. The quantitative estimate of drug-likeness (QED) is 0.595. The van der Waals surface area contributed by atoms with Crippen LogP contribution in [0.2, 0.25) is 5.15 Å². The first-order valence-corrected chi connectivity index (χ1v) is 5.95. The third-order valence-corrected chi connectivity index (χ3v) is 2.36. The number of aliphatic hydroxyl groups excluding tert-OH is 1. The Morgan fingerprint density at radius 1 is 1.50 bits per heavy atom. The van der Waals surface area contributed by atoms with E-state index in [1.807, 2.05) is 6.92 Å². The zero-order chi connectivity index (χ0) is 12.0. The molecule has 0 saturated heterocycles. The van der Waals surface area contributed by atoms with Gasteiger partial charge in [-0.05, 0) is 19.8 Å². The fourth-order valence-electron chi connectivity index (χ4n) is 1.33. The zero-order valence-electron chi connectivity index (χ0n) is 9.70. The minimum absolute atomic E-state index is 0.248. The van der Waals surface area contributed by atoms with E-state index in [0.717, 1.165) is 37.4 Å². The number of halogens is 1. The van der Waals surface area contributed by atoms with Crippen LogP contribution in [0.25, 0.3) is 0 Å². The van der Waals surface area contributed by atoms with E-state index in [0.29, 0.717) is 5.15 Å². The van der Waals surface area contributed by atoms with Crippen LogP contribution >= 0.6 is 11.6 Å². The third-order valence-electron chi connectivity index (χ3n) is 2.16. The van der Waals surface area contributed by atoms with E-state index in [1.54, 1.807) is 13.0 Å². The lowest BCUT2D eigenvalue weighted by atomic mass is 10.2. The lowest BCUT2D eigenvalue weighted by Crippen LogP contribution is -2.08. The van der Waals surface area contributed by atoms with E-state index in [4.69, 9.17) is 16.7 Å². The molecule has 0 bridgehead atoms. The summed E-state index contributed by atoms with van der Waals surface area (Å²) in [5.41, 5.74) is 0. The number of aryl methyl sites for hydroxylation is 1. The summed E-state index contributed by atoms with van der Waals surface area (Å²) in [4.78, 5) is 8.38. The van der Waals surface area contributed by atoms with Crippen molar-refractivity contribution in [3.63, 3.8) is 0 Å². The average molecular weight is 244 g/mol. The van der Waals surface area contributed by atoms with Gasteiger partial charge in [0.25, 0.3) is 0 Å². The molecule has 4 nitrogen and oxygen atoms in total. The van der Waals surface area contributed by atoms with Gasteiger partial charge >= 0.3 is 0 Å². The monoisotopic (exact) mass is 243 g/mol. The summed E-state index contributed by atoms with van der Waals surface area (Å²) >= 11 is 5.86. The molecule has 0 aromatic carbocycles. The first-order valence-electron chi connectivity index (χ1n) is 5.57. The number of hydrogen-bond acceptors (Lipinski definition) is 4. The van der Waals surface area contributed by atoms with Gasteiger partial charge in [-0.2, -0.15) is 0 Å². The van der Waals surface area contributed by atoms with Gasteiger partial charge in [0.2, 0.25) is 0 Å². The van der Waals surface area contributed by atoms with Crippen LogP contribution in [0.15, 0.2) is 6.07 Å². The van der Waals surface area contributed by atoms with E-state index in [1.165, 1.54) is 0 Å².